The molecule has 0 aliphatic rings. The van der Waals surface area contributed by atoms with Crippen molar-refractivity contribution in [3.05, 3.63) is 30.1 Å². The minimum atomic E-state index is -3.41. The van der Waals surface area contributed by atoms with Gasteiger partial charge in [-0.15, -0.1) is 0 Å². The van der Waals surface area contributed by atoms with Gasteiger partial charge in [-0.05, 0) is 13.0 Å². The highest BCUT2D eigenvalue weighted by Crippen LogP contribution is 2.07. The summed E-state index contributed by atoms with van der Waals surface area (Å²) in [6, 6.07) is 1.40. The van der Waals surface area contributed by atoms with Crippen LogP contribution in [0.15, 0.2) is 29.4 Å². The van der Waals surface area contributed by atoms with Gasteiger partial charge in [-0.3, -0.25) is 0 Å². The van der Waals surface area contributed by atoms with Gasteiger partial charge in [-0.25, -0.2) is 18.4 Å². The van der Waals surface area contributed by atoms with Crippen molar-refractivity contribution in [2.45, 2.75) is 11.9 Å². The quantitative estimate of drug-likeness (QED) is 0.635. The van der Waals surface area contributed by atoms with Crippen LogP contribution in [0.1, 0.15) is 5.69 Å². The van der Waals surface area contributed by atoms with E-state index < -0.39 is 9.84 Å². The van der Waals surface area contributed by atoms with Gasteiger partial charge in [0.05, 0.1) is 0 Å². The van der Waals surface area contributed by atoms with Crippen LogP contribution in [0.3, 0.4) is 0 Å². The van der Waals surface area contributed by atoms with Crippen LogP contribution in [0, 0.1) is 6.92 Å². The molecule has 0 aliphatic carbocycles. The maximum absolute atomic E-state index is 11.1. The summed E-state index contributed by atoms with van der Waals surface area (Å²) in [5, 5.41) is 0.861. The molecule has 1 rings (SSSR count). The molecule has 5 heteroatoms. The van der Waals surface area contributed by atoms with Crippen LogP contribution in [0.2, 0.25) is 0 Å². The molecule has 1 aromatic rings. The van der Waals surface area contributed by atoms with Crippen molar-refractivity contribution in [1.82, 2.24) is 9.97 Å². The first kappa shape index (κ1) is 8.86. The van der Waals surface area contributed by atoms with Crippen molar-refractivity contribution in [1.29, 1.82) is 0 Å². The highest BCUT2D eigenvalue weighted by atomic mass is 32.2. The highest BCUT2D eigenvalue weighted by Gasteiger charge is 2.10. The van der Waals surface area contributed by atoms with Crippen molar-refractivity contribution in [2.24, 2.45) is 0 Å². The van der Waals surface area contributed by atoms with E-state index in [0.29, 0.717) is 5.69 Å². The fraction of sp³-hybridized carbons (Fsp3) is 0.143. The lowest BCUT2D eigenvalue weighted by Gasteiger charge is -1.96. The molecule has 0 bridgehead atoms. The topological polar surface area (TPSA) is 59.9 Å². The van der Waals surface area contributed by atoms with Gasteiger partial charge in [-0.2, -0.15) is 0 Å². The van der Waals surface area contributed by atoms with E-state index in [1.54, 1.807) is 6.92 Å². The Labute approximate surface area is 70.9 Å². The Hall–Kier alpha value is -1.23. The van der Waals surface area contributed by atoms with Crippen molar-refractivity contribution < 1.29 is 8.42 Å². The first-order chi connectivity index (χ1) is 5.56. The second-order valence-corrected chi connectivity index (χ2v) is 4.05. The molecule has 4 nitrogen and oxygen atoms in total. The molecule has 0 atom stereocenters. The van der Waals surface area contributed by atoms with E-state index in [-0.39, 0.29) is 5.03 Å². The van der Waals surface area contributed by atoms with Crippen molar-refractivity contribution in [2.75, 3.05) is 0 Å². The lowest BCUT2D eigenvalue weighted by atomic mass is 10.5. The fourth-order valence-electron chi connectivity index (χ4n) is 0.671. The summed E-state index contributed by atoms with van der Waals surface area (Å²) < 4.78 is 22.3. The summed E-state index contributed by atoms with van der Waals surface area (Å²) in [5.74, 6) is 0. The standard InChI is InChI=1S/C7H8N2O2S/c1-3-12(10,11)7-4-6(2)8-5-9-7/h3-5H,1H2,2H3. The highest BCUT2D eigenvalue weighted by molar-refractivity contribution is 7.94. The number of hydrogen-bond donors (Lipinski definition) is 0. The van der Waals surface area contributed by atoms with Crippen LogP contribution < -0.4 is 0 Å². The second kappa shape index (κ2) is 3.02. The predicted octanol–water partition coefficient (Wildman–Crippen LogP) is 0.702. The summed E-state index contributed by atoms with van der Waals surface area (Å²) in [7, 11) is -3.41. The lowest BCUT2D eigenvalue weighted by molar-refractivity contribution is 0.600. The third-order valence-corrected chi connectivity index (χ3v) is 2.53. The molecule has 0 saturated heterocycles. The Morgan fingerprint density at radius 3 is 2.67 bits per heavy atom. The largest absolute Gasteiger partial charge is 0.242 e. The Morgan fingerprint density at radius 1 is 1.50 bits per heavy atom. The van der Waals surface area contributed by atoms with Gasteiger partial charge in [0.15, 0.2) is 5.03 Å². The average molecular weight is 184 g/mol. The summed E-state index contributed by atoms with van der Waals surface area (Å²) in [6.07, 6.45) is 1.21. The number of sulfone groups is 1. The van der Waals surface area contributed by atoms with Crippen LogP contribution >= 0.6 is 0 Å². The number of hydrogen-bond acceptors (Lipinski definition) is 4. The third kappa shape index (κ3) is 1.68. The zero-order valence-electron chi connectivity index (χ0n) is 6.56. The van der Waals surface area contributed by atoms with Crippen LogP contribution in [0.5, 0.6) is 0 Å². The van der Waals surface area contributed by atoms with Crippen molar-refractivity contribution in [3.8, 4) is 0 Å². The number of rotatable bonds is 2. The monoisotopic (exact) mass is 184 g/mol. The van der Waals surface area contributed by atoms with Gasteiger partial charge in [0.2, 0.25) is 9.84 Å². The average Bonchev–Trinajstić information content (AvgIpc) is 2.05. The molecule has 0 unspecified atom stereocenters. The van der Waals surface area contributed by atoms with Crippen molar-refractivity contribution >= 4 is 9.84 Å². The third-order valence-electron chi connectivity index (χ3n) is 1.29. The molecule has 12 heavy (non-hydrogen) atoms. The number of aryl methyl sites for hydroxylation is 1. The molecule has 64 valence electrons. The molecule has 0 aromatic carbocycles. The predicted molar refractivity (Wildman–Crippen MR) is 44.2 cm³/mol. The lowest BCUT2D eigenvalue weighted by Crippen LogP contribution is -2.00. The van der Waals surface area contributed by atoms with Crippen LogP contribution in [0.4, 0.5) is 0 Å². The maximum atomic E-state index is 11.1. The minimum Gasteiger partial charge on any atom is -0.242 e. The molecule has 0 spiro atoms. The first-order valence-electron chi connectivity index (χ1n) is 3.22. The van der Waals surface area contributed by atoms with Gasteiger partial charge in [0.25, 0.3) is 0 Å². The normalized spacial score (nSPS) is 11.1. The minimum absolute atomic E-state index is 0.00926. The molecule has 0 saturated carbocycles. The van der Waals surface area contributed by atoms with Gasteiger partial charge in [0, 0.05) is 11.1 Å². The SMILES string of the molecule is C=CS(=O)(=O)c1cc(C)ncn1. The van der Waals surface area contributed by atoms with E-state index in [1.165, 1.54) is 12.4 Å². The maximum Gasteiger partial charge on any atom is 0.216 e. The second-order valence-electron chi connectivity index (χ2n) is 2.21. The zero-order valence-corrected chi connectivity index (χ0v) is 7.37. The molecule has 1 aromatic heterocycles. The van der Waals surface area contributed by atoms with Crippen LogP contribution in [-0.2, 0) is 9.84 Å². The first-order valence-corrected chi connectivity index (χ1v) is 4.77. The van der Waals surface area contributed by atoms with Gasteiger partial charge < -0.3 is 0 Å². The number of nitrogens with zero attached hydrogens (tertiary/aromatic N) is 2. The Morgan fingerprint density at radius 2 is 2.17 bits per heavy atom. The molecular weight excluding hydrogens is 176 g/mol. The van der Waals surface area contributed by atoms with Gasteiger partial charge in [0.1, 0.15) is 6.33 Å². The van der Waals surface area contributed by atoms with E-state index >= 15 is 0 Å². The molecule has 1 heterocycles. The van der Waals surface area contributed by atoms with Crippen LogP contribution in [0.25, 0.3) is 0 Å². The smallest absolute Gasteiger partial charge is 0.216 e. The molecular formula is C7H8N2O2S. The summed E-state index contributed by atoms with van der Waals surface area (Å²) >= 11 is 0. The molecule has 0 fully saturated rings. The van der Waals surface area contributed by atoms with E-state index in [9.17, 15) is 8.42 Å². The fourth-order valence-corrected chi connectivity index (χ4v) is 1.37. The van der Waals surface area contributed by atoms with Crippen LogP contribution in [-0.4, -0.2) is 18.4 Å². The summed E-state index contributed by atoms with van der Waals surface area (Å²) in [5.41, 5.74) is 0.616. The molecule has 0 radical (unpaired) electrons. The van der Waals surface area contributed by atoms with Gasteiger partial charge in [-0.1, -0.05) is 6.58 Å². The Kier molecular flexibility index (Phi) is 2.23. The molecule has 0 N–H and O–H groups in total. The summed E-state index contributed by atoms with van der Waals surface area (Å²) in [4.78, 5) is 7.39. The van der Waals surface area contributed by atoms with Crippen molar-refractivity contribution in [3.63, 3.8) is 0 Å². The van der Waals surface area contributed by atoms with E-state index in [0.717, 1.165) is 5.41 Å². The van der Waals surface area contributed by atoms with E-state index in [1.807, 2.05) is 0 Å². The van der Waals surface area contributed by atoms with Gasteiger partial charge >= 0.3 is 0 Å². The molecule has 0 amide bonds. The number of aromatic nitrogens is 2. The van der Waals surface area contributed by atoms with E-state index in [2.05, 4.69) is 16.5 Å². The zero-order chi connectivity index (χ0) is 9.19. The van der Waals surface area contributed by atoms with E-state index in [4.69, 9.17) is 0 Å². The Balaban J connectivity index is 3.30. The Bertz CT molecular complexity index is 398. The summed E-state index contributed by atoms with van der Waals surface area (Å²) in [6.45, 7) is 4.89. The molecule has 0 aliphatic heterocycles.